The lowest BCUT2D eigenvalue weighted by Crippen LogP contribution is -2.32. The van der Waals surface area contributed by atoms with Gasteiger partial charge in [0.1, 0.15) is 61.6 Å². The Labute approximate surface area is 502 Å². The van der Waals surface area contributed by atoms with Crippen LogP contribution in [0.2, 0.25) is 0 Å². The number of hydrogen-bond donors (Lipinski definition) is 0. The SMILES string of the molecule is Cn1c2ccccc2c2sc3[n+](c21)Cc1ccccc1-3.[2H]C([2H])([2H])n1c2ccccc2c2sc3[n+](c21)Cc1ccccc1-3.c1ccc(-n2c3ccccc3c3sc4[n+](c32)Cc2ccccc2-4)cc1.c1ccc2c(c1)C[n+]1c-2sc2c3ccccc3oc21. The molecule has 0 spiro atoms. The number of aromatic nitrogens is 7. The molecular weight excluding hydrogens is 1110 g/mol. The molecule has 0 atom stereocenters. The summed E-state index contributed by atoms with van der Waals surface area (Å²) in [7, 11) is 2.17. The highest BCUT2D eigenvalue weighted by Crippen LogP contribution is 2.44. The van der Waals surface area contributed by atoms with Gasteiger partial charge in [-0.15, -0.1) is 4.57 Å². The summed E-state index contributed by atoms with van der Waals surface area (Å²) in [5.74, 6) is 0. The highest BCUT2D eigenvalue weighted by Gasteiger charge is 2.37. The summed E-state index contributed by atoms with van der Waals surface area (Å²) in [6.07, 6.45) is 0. The Morgan fingerprint density at radius 2 is 0.726 bits per heavy atom. The molecule has 17 aromatic rings. The van der Waals surface area contributed by atoms with E-state index in [1.165, 1.54) is 122 Å². The van der Waals surface area contributed by atoms with Crippen molar-refractivity contribution >= 4 is 130 Å². The Hall–Kier alpha value is -9.30. The van der Waals surface area contributed by atoms with Gasteiger partial charge in [0.25, 0.3) is 5.01 Å². The smallest absolute Gasteiger partial charge is 0.393 e. The number of para-hydroxylation sites is 5. The van der Waals surface area contributed by atoms with Crippen LogP contribution in [-0.2, 0) is 40.2 Å². The lowest BCUT2D eigenvalue weighted by molar-refractivity contribution is -0.648. The minimum absolute atomic E-state index is 0.734. The van der Waals surface area contributed by atoms with E-state index in [9.17, 15) is 0 Å². The van der Waals surface area contributed by atoms with Crippen molar-refractivity contribution in [1.82, 2.24) is 13.7 Å². The number of furan rings is 1. The first-order valence-electron chi connectivity index (χ1n) is 29.8. The summed E-state index contributed by atoms with van der Waals surface area (Å²) in [4.78, 5) is 0. The second-order valence-electron chi connectivity index (χ2n) is 21.9. The van der Waals surface area contributed by atoms with Crippen LogP contribution in [0.3, 0.4) is 0 Å². The largest absolute Gasteiger partial charge is 0.403 e. The standard InChI is InChI=1S/C22H15N2S.2C17H13N2S.C16H10NOS/c1-2-9-16(10-3-1)24-19-13-7-6-12-18(19)20-21(24)23-14-15-8-4-5-11-17(15)22(23)25-20;2*1-18-14-9-5-4-8-13(14)15-16(18)19-10-11-6-2-3-7-12(11)17(19)20-15;1-2-6-11-10(5-1)9-17-15-14(19-16(11)17)12-7-3-4-8-13(12)18-15/h1-13H,14H2;2*2-9H,10H2,1H3;1-8H,9H2/q4*+1/i;1D3;;. The summed E-state index contributed by atoms with van der Waals surface area (Å²) >= 11 is 7.36. The molecule has 0 unspecified atom stereocenters. The third-order valence-corrected chi connectivity index (χ3v) is 22.2. The molecule has 21 rings (SSSR count). The predicted molar refractivity (Wildman–Crippen MR) is 346 cm³/mol. The van der Waals surface area contributed by atoms with Crippen LogP contribution in [0.4, 0.5) is 0 Å². The number of aryl methyl sites for hydroxylation is 2. The van der Waals surface area contributed by atoms with Gasteiger partial charge in [0.2, 0.25) is 0 Å². The fourth-order valence-corrected chi connectivity index (χ4v) is 18.8. The molecule has 4 aliphatic heterocycles. The van der Waals surface area contributed by atoms with Gasteiger partial charge in [-0.2, -0.15) is 4.57 Å². The fraction of sp³-hybridized carbons (Fsp3) is 0.0833. The van der Waals surface area contributed by atoms with E-state index in [1.54, 1.807) is 11.3 Å². The molecule has 400 valence electrons. The lowest BCUT2D eigenvalue weighted by atomic mass is 10.1. The molecule has 9 aromatic carbocycles. The average molecular weight is 1160 g/mol. The summed E-state index contributed by atoms with van der Waals surface area (Å²) in [5.41, 5.74) is 20.9. The van der Waals surface area contributed by atoms with Gasteiger partial charge in [-0.1, -0.05) is 185 Å². The maximum atomic E-state index is 8.00. The quantitative estimate of drug-likeness (QED) is 0.151. The van der Waals surface area contributed by atoms with E-state index in [0.717, 1.165) is 63.7 Å². The normalized spacial score (nSPS) is 13.6. The van der Waals surface area contributed by atoms with E-state index < -0.39 is 6.98 Å². The van der Waals surface area contributed by atoms with Crippen LogP contribution in [0.5, 0.6) is 0 Å². The maximum Gasteiger partial charge on any atom is 0.393 e. The van der Waals surface area contributed by atoms with Crippen molar-refractivity contribution in [2.45, 2.75) is 26.2 Å². The van der Waals surface area contributed by atoms with Crippen LogP contribution >= 0.6 is 45.3 Å². The number of thiazole rings is 4. The highest BCUT2D eigenvalue weighted by molar-refractivity contribution is 7.23. The first-order valence-corrected chi connectivity index (χ1v) is 31.5. The van der Waals surface area contributed by atoms with Crippen molar-refractivity contribution in [1.29, 1.82) is 0 Å². The van der Waals surface area contributed by atoms with Gasteiger partial charge in [-0.3, -0.25) is 0 Å². The van der Waals surface area contributed by atoms with E-state index in [1.807, 2.05) is 82.5 Å². The number of fused-ring (bicyclic) bond motifs is 28. The Morgan fingerprint density at radius 1 is 0.357 bits per heavy atom. The Kier molecular flexibility index (Phi) is 10.0. The van der Waals surface area contributed by atoms with Crippen LogP contribution in [0.1, 0.15) is 26.4 Å². The third-order valence-electron chi connectivity index (χ3n) is 17.3. The van der Waals surface area contributed by atoms with Gasteiger partial charge in [0.05, 0.1) is 23.7 Å². The van der Waals surface area contributed by atoms with E-state index in [-0.39, 0.29) is 0 Å². The third kappa shape index (κ3) is 7.02. The molecule has 0 fully saturated rings. The topological polar surface area (TPSA) is 43.4 Å². The molecule has 84 heavy (non-hydrogen) atoms. The Balaban J connectivity index is 0.0000000877. The molecule has 8 nitrogen and oxygen atoms in total. The molecular formula is C72H51N7OS4+4. The molecule has 0 saturated heterocycles. The lowest BCUT2D eigenvalue weighted by Gasteiger charge is -2.01. The first-order chi connectivity index (χ1) is 42.7. The average Bonchev–Trinajstić information content (AvgIpc) is 1.97. The highest BCUT2D eigenvalue weighted by atomic mass is 32.1. The molecule has 0 bridgehead atoms. The van der Waals surface area contributed by atoms with Crippen LogP contribution < -0.4 is 18.3 Å². The zero-order valence-corrected chi connectivity index (χ0v) is 48.6. The second-order valence-corrected chi connectivity index (χ2v) is 25.9. The van der Waals surface area contributed by atoms with Gasteiger partial charge in [-0.25, -0.2) is 22.8 Å². The van der Waals surface area contributed by atoms with Gasteiger partial charge in [0, 0.05) is 60.5 Å². The van der Waals surface area contributed by atoms with Crippen molar-refractivity contribution in [3.8, 4) is 48.0 Å². The van der Waals surface area contributed by atoms with Gasteiger partial charge < -0.3 is 4.42 Å². The molecule has 0 N–H and O–H groups in total. The molecule has 0 radical (unpaired) electrons. The Bertz CT molecular complexity index is 5690. The molecule has 12 heteroatoms. The van der Waals surface area contributed by atoms with Crippen molar-refractivity contribution in [3.05, 3.63) is 247 Å². The minimum Gasteiger partial charge on any atom is -0.403 e. The molecule has 0 saturated carbocycles. The van der Waals surface area contributed by atoms with Crippen molar-refractivity contribution < 1.29 is 26.8 Å². The minimum atomic E-state index is -2.20. The number of rotatable bonds is 1. The summed E-state index contributed by atoms with van der Waals surface area (Å²) < 4.78 is 50.8. The zero-order chi connectivity index (χ0) is 57.8. The van der Waals surface area contributed by atoms with Crippen molar-refractivity contribution in [3.63, 3.8) is 0 Å². The van der Waals surface area contributed by atoms with Gasteiger partial charge in [0.15, 0.2) is 26.3 Å². The first kappa shape index (κ1) is 45.2. The Morgan fingerprint density at radius 3 is 1.26 bits per heavy atom. The summed E-state index contributed by atoms with van der Waals surface area (Å²) in [6, 6.07) is 78.6. The van der Waals surface area contributed by atoms with Crippen LogP contribution in [-0.4, -0.2) is 13.7 Å². The molecule has 4 aliphatic rings. The molecule has 0 aliphatic carbocycles. The maximum absolute atomic E-state index is 8.00. The second kappa shape index (κ2) is 18.6. The van der Waals surface area contributed by atoms with Crippen LogP contribution in [0, 0.1) is 0 Å². The van der Waals surface area contributed by atoms with Crippen LogP contribution in [0.15, 0.2) is 229 Å². The van der Waals surface area contributed by atoms with E-state index in [0.29, 0.717) is 0 Å². The monoisotopic (exact) mass is 1160 g/mol. The van der Waals surface area contributed by atoms with Crippen molar-refractivity contribution in [2.75, 3.05) is 0 Å². The van der Waals surface area contributed by atoms with Crippen molar-refractivity contribution in [2.24, 2.45) is 14.0 Å². The number of nitrogens with zero attached hydrogens (tertiary/aromatic N) is 7. The fourth-order valence-electron chi connectivity index (χ4n) is 13.5. The van der Waals surface area contributed by atoms with E-state index in [2.05, 4.69) is 210 Å². The van der Waals surface area contributed by atoms with Gasteiger partial charge >= 0.3 is 22.7 Å². The van der Waals surface area contributed by atoms with Crippen LogP contribution in [0.25, 0.3) is 133 Å². The van der Waals surface area contributed by atoms with E-state index in [4.69, 9.17) is 8.53 Å². The zero-order valence-electron chi connectivity index (χ0n) is 48.4. The molecule has 12 heterocycles. The molecule has 0 amide bonds. The summed E-state index contributed by atoms with van der Waals surface area (Å²) in [6.45, 7) is 1.41. The van der Waals surface area contributed by atoms with Gasteiger partial charge in [-0.05, 0) is 84.9 Å². The molecule has 8 aromatic heterocycles. The van der Waals surface area contributed by atoms with E-state index >= 15 is 0 Å². The number of hydrogen-bond acceptors (Lipinski definition) is 5. The summed E-state index contributed by atoms with van der Waals surface area (Å²) in [5, 5.41) is 10.2. The predicted octanol–water partition coefficient (Wildman–Crippen LogP) is 16.5. The number of benzene rings is 9.